The van der Waals surface area contributed by atoms with Crippen molar-refractivity contribution >= 4 is 5.91 Å². The molecule has 0 spiro atoms. The van der Waals surface area contributed by atoms with Crippen LogP contribution in [0.4, 0.5) is 8.78 Å². The molecule has 126 valence electrons. The summed E-state index contributed by atoms with van der Waals surface area (Å²) in [5.74, 6) is -1.12. The number of likely N-dealkylation sites (tertiary alicyclic amines) is 2. The van der Waals surface area contributed by atoms with Crippen LogP contribution in [0, 0.1) is 11.6 Å². The maximum Gasteiger partial charge on any atom is 0.222 e. The molecule has 2 fully saturated rings. The minimum Gasteiger partial charge on any atom is -0.496 e. The van der Waals surface area contributed by atoms with E-state index in [1.54, 1.807) is 0 Å². The number of piperidine rings is 1. The van der Waals surface area contributed by atoms with Crippen LogP contribution in [-0.2, 0) is 11.3 Å². The van der Waals surface area contributed by atoms with Gasteiger partial charge in [-0.3, -0.25) is 9.69 Å². The van der Waals surface area contributed by atoms with Crippen LogP contribution in [0.3, 0.4) is 0 Å². The minimum absolute atomic E-state index is 0.182. The van der Waals surface area contributed by atoms with Crippen molar-refractivity contribution in [3.63, 3.8) is 0 Å². The highest BCUT2D eigenvalue weighted by atomic mass is 19.2. The van der Waals surface area contributed by atoms with Crippen molar-refractivity contribution in [3.05, 3.63) is 29.3 Å². The van der Waals surface area contributed by atoms with Crippen molar-refractivity contribution in [1.82, 2.24) is 9.80 Å². The number of halogens is 2. The van der Waals surface area contributed by atoms with Crippen LogP contribution in [0.2, 0.25) is 0 Å². The number of nitrogens with zero attached hydrogens (tertiary/aromatic N) is 2. The monoisotopic (exact) mass is 324 g/mol. The van der Waals surface area contributed by atoms with Crippen molar-refractivity contribution < 1.29 is 18.3 Å². The summed E-state index contributed by atoms with van der Waals surface area (Å²) in [7, 11) is 1.46. The Kier molecular flexibility index (Phi) is 4.80. The summed E-state index contributed by atoms with van der Waals surface area (Å²) in [5, 5.41) is 0. The minimum atomic E-state index is -0.857. The van der Waals surface area contributed by atoms with E-state index in [2.05, 4.69) is 4.90 Å². The van der Waals surface area contributed by atoms with E-state index in [4.69, 9.17) is 4.74 Å². The molecule has 0 bridgehead atoms. The zero-order valence-electron chi connectivity index (χ0n) is 13.4. The van der Waals surface area contributed by atoms with Gasteiger partial charge in [0.25, 0.3) is 0 Å². The summed E-state index contributed by atoms with van der Waals surface area (Å²) in [6, 6.07) is 2.72. The molecule has 2 aliphatic rings. The van der Waals surface area contributed by atoms with Crippen LogP contribution < -0.4 is 4.74 Å². The van der Waals surface area contributed by atoms with Crippen LogP contribution >= 0.6 is 0 Å². The van der Waals surface area contributed by atoms with Gasteiger partial charge in [0, 0.05) is 37.7 Å². The molecule has 23 heavy (non-hydrogen) atoms. The van der Waals surface area contributed by atoms with Gasteiger partial charge in [-0.1, -0.05) is 0 Å². The molecule has 1 aromatic rings. The van der Waals surface area contributed by atoms with Gasteiger partial charge in [-0.2, -0.15) is 0 Å². The van der Waals surface area contributed by atoms with E-state index < -0.39 is 11.6 Å². The fraction of sp³-hybridized carbons (Fsp3) is 0.588. The summed E-state index contributed by atoms with van der Waals surface area (Å²) in [5.41, 5.74) is 0.251. The Bertz CT molecular complexity index is 594. The molecule has 0 aliphatic carbocycles. The highest BCUT2D eigenvalue weighted by Gasteiger charge is 2.31. The summed E-state index contributed by atoms with van der Waals surface area (Å²) in [4.78, 5) is 15.9. The first-order valence-corrected chi connectivity index (χ1v) is 8.13. The predicted octanol–water partition coefficient (Wildman–Crippen LogP) is 2.56. The van der Waals surface area contributed by atoms with Crippen molar-refractivity contribution in [1.29, 1.82) is 0 Å². The van der Waals surface area contributed by atoms with E-state index in [-0.39, 0.29) is 17.5 Å². The average molecular weight is 324 g/mol. The van der Waals surface area contributed by atoms with Crippen molar-refractivity contribution in [2.45, 2.75) is 38.3 Å². The smallest absolute Gasteiger partial charge is 0.222 e. The molecule has 3 rings (SSSR count). The molecule has 2 saturated heterocycles. The van der Waals surface area contributed by atoms with E-state index in [1.807, 2.05) is 4.90 Å². The Labute approximate surface area is 135 Å². The molecule has 1 atom stereocenters. The van der Waals surface area contributed by atoms with Crippen molar-refractivity contribution in [3.8, 4) is 5.75 Å². The molecule has 2 aliphatic heterocycles. The van der Waals surface area contributed by atoms with E-state index in [1.165, 1.54) is 13.2 Å². The number of rotatable bonds is 4. The van der Waals surface area contributed by atoms with Crippen LogP contribution in [0.1, 0.15) is 31.2 Å². The number of amides is 1. The fourth-order valence-electron chi connectivity index (χ4n) is 3.62. The van der Waals surface area contributed by atoms with E-state index in [0.29, 0.717) is 25.3 Å². The first kappa shape index (κ1) is 16.2. The van der Waals surface area contributed by atoms with Gasteiger partial charge in [-0.25, -0.2) is 8.78 Å². The van der Waals surface area contributed by atoms with Gasteiger partial charge in [0.05, 0.1) is 7.11 Å². The van der Waals surface area contributed by atoms with Gasteiger partial charge in [0.15, 0.2) is 11.6 Å². The number of methoxy groups -OCH3 is 1. The lowest BCUT2D eigenvalue weighted by Gasteiger charge is -2.37. The molecule has 0 unspecified atom stereocenters. The summed E-state index contributed by atoms with van der Waals surface area (Å²) in [6.07, 6.45) is 3.48. The number of hydrogen-bond donors (Lipinski definition) is 0. The number of hydrogen-bond acceptors (Lipinski definition) is 3. The Morgan fingerprint density at radius 3 is 2.78 bits per heavy atom. The second-order valence-electron chi connectivity index (χ2n) is 6.26. The maximum atomic E-state index is 14.1. The molecule has 0 radical (unpaired) electrons. The van der Waals surface area contributed by atoms with E-state index in [9.17, 15) is 13.6 Å². The summed E-state index contributed by atoms with van der Waals surface area (Å²) in [6.45, 7) is 2.63. The normalized spacial score (nSPS) is 22.7. The lowest BCUT2D eigenvalue weighted by Crippen LogP contribution is -2.48. The quantitative estimate of drug-likeness (QED) is 0.853. The molecule has 4 nitrogen and oxygen atoms in total. The largest absolute Gasteiger partial charge is 0.496 e. The highest BCUT2D eigenvalue weighted by molar-refractivity contribution is 5.78. The fourth-order valence-corrected chi connectivity index (χ4v) is 3.62. The first-order valence-electron chi connectivity index (χ1n) is 8.13. The Balaban J connectivity index is 1.73. The first-order chi connectivity index (χ1) is 11.1. The van der Waals surface area contributed by atoms with Crippen LogP contribution in [0.5, 0.6) is 5.75 Å². The Hall–Kier alpha value is -1.69. The van der Waals surface area contributed by atoms with Gasteiger partial charge < -0.3 is 9.64 Å². The number of benzene rings is 1. The molecular weight excluding hydrogens is 302 g/mol. The van der Waals surface area contributed by atoms with E-state index >= 15 is 0 Å². The van der Waals surface area contributed by atoms with Gasteiger partial charge >= 0.3 is 0 Å². The highest BCUT2D eigenvalue weighted by Crippen LogP contribution is 2.28. The third-order valence-electron chi connectivity index (χ3n) is 4.79. The SMILES string of the molecule is COc1ccc(F)c(F)c1CN1CCC[C@@H](N2CCCC2=O)C1. The zero-order chi connectivity index (χ0) is 16.4. The zero-order valence-corrected chi connectivity index (χ0v) is 13.4. The summed E-state index contributed by atoms with van der Waals surface area (Å²) < 4.78 is 32.8. The van der Waals surface area contributed by atoms with Gasteiger partial charge in [0.2, 0.25) is 5.91 Å². The Morgan fingerprint density at radius 1 is 1.26 bits per heavy atom. The molecule has 1 aromatic carbocycles. The van der Waals surface area contributed by atoms with Crippen molar-refractivity contribution in [2.75, 3.05) is 26.7 Å². The third kappa shape index (κ3) is 3.32. The molecule has 0 aromatic heterocycles. The Morgan fingerprint density at radius 2 is 2.09 bits per heavy atom. The molecular formula is C17H22F2N2O2. The maximum absolute atomic E-state index is 14.1. The van der Waals surface area contributed by atoms with Crippen molar-refractivity contribution in [2.24, 2.45) is 0 Å². The average Bonchev–Trinajstić information content (AvgIpc) is 2.98. The van der Waals surface area contributed by atoms with Crippen LogP contribution in [-0.4, -0.2) is 48.5 Å². The van der Waals surface area contributed by atoms with Gasteiger partial charge in [0.1, 0.15) is 5.75 Å². The van der Waals surface area contributed by atoms with Gasteiger partial charge in [-0.05, 0) is 37.9 Å². The summed E-state index contributed by atoms with van der Waals surface area (Å²) >= 11 is 0. The second kappa shape index (κ2) is 6.83. The predicted molar refractivity (Wildman–Crippen MR) is 82.2 cm³/mol. The topological polar surface area (TPSA) is 32.8 Å². The second-order valence-corrected chi connectivity index (χ2v) is 6.26. The van der Waals surface area contributed by atoms with E-state index in [0.717, 1.165) is 38.4 Å². The van der Waals surface area contributed by atoms with Crippen LogP contribution in [0.15, 0.2) is 12.1 Å². The number of carbonyl (C=O) groups excluding carboxylic acids is 1. The molecule has 1 amide bonds. The molecule has 0 saturated carbocycles. The number of carbonyl (C=O) groups is 1. The number of ether oxygens (including phenoxy) is 1. The molecule has 2 heterocycles. The lowest BCUT2D eigenvalue weighted by atomic mass is 10.0. The molecule has 0 N–H and O–H groups in total. The third-order valence-corrected chi connectivity index (χ3v) is 4.79. The molecule has 6 heteroatoms. The standard InChI is InChI=1S/C17H22F2N2O2/c1-23-15-7-6-14(18)17(19)13(15)11-20-8-2-4-12(10-20)21-9-3-5-16(21)22/h6-7,12H,2-5,8-11H2,1H3/t12-/m1/s1. The van der Waals surface area contributed by atoms with Gasteiger partial charge in [-0.15, -0.1) is 0 Å². The lowest BCUT2D eigenvalue weighted by molar-refractivity contribution is -0.130. The van der Waals surface area contributed by atoms with Crippen LogP contribution in [0.25, 0.3) is 0 Å².